The van der Waals surface area contributed by atoms with Crippen LogP contribution in [0.4, 0.5) is 28.9 Å². The average molecular weight is 469 g/mol. The Labute approximate surface area is 180 Å². The first-order valence-corrected chi connectivity index (χ1v) is 10.3. The fourth-order valence-electron chi connectivity index (χ4n) is 2.55. The highest BCUT2D eigenvalue weighted by Gasteiger charge is 2.21. The predicted octanol–water partition coefficient (Wildman–Crippen LogP) is 3.81. The highest BCUT2D eigenvalue weighted by molar-refractivity contribution is 7.92. The van der Waals surface area contributed by atoms with E-state index in [1.165, 1.54) is 37.4 Å². The number of amides is 1. The van der Waals surface area contributed by atoms with Crippen molar-refractivity contribution >= 4 is 27.3 Å². The number of ether oxygens (including phenoxy) is 1. The highest BCUT2D eigenvalue weighted by atomic mass is 32.2. The maximum Gasteiger partial charge on any atom is 0.269 e. The molecule has 168 valence electrons. The summed E-state index contributed by atoms with van der Waals surface area (Å²) in [5.74, 6) is -7.33. The molecular formula is C20H15F4N3O4S. The van der Waals surface area contributed by atoms with Gasteiger partial charge in [0.1, 0.15) is 11.4 Å². The molecule has 0 aliphatic carbocycles. The van der Waals surface area contributed by atoms with Gasteiger partial charge in [0.15, 0.2) is 23.3 Å². The maximum atomic E-state index is 13.7. The molecule has 0 aromatic heterocycles. The van der Waals surface area contributed by atoms with Crippen molar-refractivity contribution in [2.24, 2.45) is 0 Å². The third kappa shape index (κ3) is 4.91. The molecule has 1 amide bonds. The minimum Gasteiger partial charge on any atom is -0.497 e. The zero-order chi connectivity index (χ0) is 23.5. The summed E-state index contributed by atoms with van der Waals surface area (Å²) >= 11 is 0. The van der Waals surface area contributed by atoms with E-state index in [0.29, 0.717) is 5.75 Å². The summed E-state index contributed by atoms with van der Waals surface area (Å²) < 4.78 is 86.4. The van der Waals surface area contributed by atoms with Crippen LogP contribution in [0.3, 0.4) is 0 Å². The third-order valence-electron chi connectivity index (χ3n) is 4.16. The van der Waals surface area contributed by atoms with Gasteiger partial charge in [0.05, 0.1) is 12.0 Å². The zero-order valence-corrected chi connectivity index (χ0v) is 17.1. The van der Waals surface area contributed by atoms with Gasteiger partial charge < -0.3 is 4.74 Å². The Balaban J connectivity index is 1.77. The van der Waals surface area contributed by atoms with Gasteiger partial charge in [-0.25, -0.2) is 26.0 Å². The van der Waals surface area contributed by atoms with Crippen molar-refractivity contribution in [2.45, 2.75) is 4.90 Å². The predicted molar refractivity (Wildman–Crippen MR) is 108 cm³/mol. The minimum atomic E-state index is -4.09. The number of hydrazine groups is 1. The van der Waals surface area contributed by atoms with Crippen molar-refractivity contribution in [2.75, 3.05) is 17.3 Å². The lowest BCUT2D eigenvalue weighted by molar-refractivity contribution is 0.0962. The van der Waals surface area contributed by atoms with Crippen LogP contribution in [0.15, 0.2) is 59.5 Å². The largest absolute Gasteiger partial charge is 0.497 e. The Morgan fingerprint density at radius 1 is 0.906 bits per heavy atom. The molecule has 12 heteroatoms. The SMILES string of the molecule is COc1ccc(NS(=O)(=O)c2cccc(C(=O)NNc3c(F)c(F)cc(F)c3F)c2)cc1. The molecule has 3 aromatic carbocycles. The number of hydrogen-bond donors (Lipinski definition) is 3. The van der Waals surface area contributed by atoms with Gasteiger partial charge in [0, 0.05) is 17.3 Å². The van der Waals surface area contributed by atoms with Crippen LogP contribution in [-0.2, 0) is 10.0 Å². The van der Waals surface area contributed by atoms with E-state index in [1.54, 1.807) is 17.6 Å². The summed E-state index contributed by atoms with van der Waals surface area (Å²) in [6.07, 6.45) is 0. The number of carbonyl (C=O) groups is 1. The summed E-state index contributed by atoms with van der Waals surface area (Å²) in [7, 11) is -2.63. The molecule has 0 atom stereocenters. The highest BCUT2D eigenvalue weighted by Crippen LogP contribution is 2.24. The second-order valence-corrected chi connectivity index (χ2v) is 7.97. The fourth-order valence-corrected chi connectivity index (χ4v) is 3.66. The van der Waals surface area contributed by atoms with Gasteiger partial charge in [-0.15, -0.1) is 0 Å². The molecule has 3 rings (SSSR count). The fraction of sp³-hybridized carbons (Fsp3) is 0.0500. The molecular weight excluding hydrogens is 454 g/mol. The summed E-state index contributed by atoms with van der Waals surface area (Å²) in [6.45, 7) is 0. The maximum absolute atomic E-state index is 13.7. The number of nitrogens with one attached hydrogen (secondary N) is 3. The van der Waals surface area contributed by atoms with Gasteiger partial charge in [-0.2, -0.15) is 0 Å². The number of carbonyl (C=O) groups excluding carboxylic acids is 1. The van der Waals surface area contributed by atoms with Gasteiger partial charge >= 0.3 is 0 Å². The number of anilines is 2. The molecule has 0 aliphatic heterocycles. The number of hydrogen-bond acceptors (Lipinski definition) is 5. The Bertz CT molecular complexity index is 1240. The molecule has 3 aromatic rings. The van der Waals surface area contributed by atoms with Gasteiger partial charge in [0.2, 0.25) is 0 Å². The molecule has 0 saturated heterocycles. The van der Waals surface area contributed by atoms with E-state index < -0.39 is 44.9 Å². The molecule has 32 heavy (non-hydrogen) atoms. The van der Waals surface area contributed by atoms with Crippen molar-refractivity contribution < 1.29 is 35.5 Å². The van der Waals surface area contributed by atoms with Crippen LogP contribution in [0.5, 0.6) is 5.75 Å². The van der Waals surface area contributed by atoms with Gasteiger partial charge in [-0.05, 0) is 42.5 Å². The average Bonchev–Trinajstić information content (AvgIpc) is 2.78. The summed E-state index contributed by atoms with van der Waals surface area (Å²) in [5, 5.41) is 0. The standard InChI is InChI=1S/C20H15F4N3O4S/c1-31-13-7-5-12(6-8-13)27-32(29,30)14-4-2-3-11(9-14)20(28)26-25-19-17(23)15(21)10-16(22)18(19)24/h2-10,25,27H,1H3,(H,26,28). The molecule has 0 spiro atoms. The third-order valence-corrected chi connectivity index (χ3v) is 5.54. The Morgan fingerprint density at radius 2 is 1.53 bits per heavy atom. The monoisotopic (exact) mass is 469 g/mol. The van der Waals surface area contributed by atoms with E-state index >= 15 is 0 Å². The molecule has 0 unspecified atom stereocenters. The van der Waals surface area contributed by atoms with Crippen LogP contribution >= 0.6 is 0 Å². The smallest absolute Gasteiger partial charge is 0.269 e. The second kappa shape index (κ2) is 9.14. The van der Waals surface area contributed by atoms with Crippen LogP contribution in [0.2, 0.25) is 0 Å². The van der Waals surface area contributed by atoms with Crippen molar-refractivity contribution in [3.05, 3.63) is 83.4 Å². The molecule has 0 fully saturated rings. The normalized spacial score (nSPS) is 11.0. The van der Waals surface area contributed by atoms with Crippen LogP contribution in [0.1, 0.15) is 10.4 Å². The summed E-state index contributed by atoms with van der Waals surface area (Å²) in [5.41, 5.74) is 2.40. The summed E-state index contributed by atoms with van der Waals surface area (Å²) in [6, 6.07) is 10.8. The number of rotatable bonds is 7. The molecule has 0 radical (unpaired) electrons. The van der Waals surface area contributed by atoms with Crippen molar-refractivity contribution in [3.8, 4) is 5.75 Å². The van der Waals surface area contributed by atoms with Crippen LogP contribution in [-0.4, -0.2) is 21.4 Å². The number of sulfonamides is 1. The summed E-state index contributed by atoms with van der Waals surface area (Å²) in [4.78, 5) is 12.0. The van der Waals surface area contributed by atoms with Gasteiger partial charge in [-0.1, -0.05) is 6.07 Å². The van der Waals surface area contributed by atoms with Crippen LogP contribution < -0.4 is 20.3 Å². The topological polar surface area (TPSA) is 96.5 Å². The minimum absolute atomic E-state index is 0.0157. The second-order valence-electron chi connectivity index (χ2n) is 6.28. The molecule has 0 saturated carbocycles. The number of halogens is 4. The van der Waals surface area contributed by atoms with Gasteiger partial charge in [0.25, 0.3) is 15.9 Å². The number of methoxy groups -OCH3 is 1. The Morgan fingerprint density at radius 3 is 2.12 bits per heavy atom. The lowest BCUT2D eigenvalue weighted by atomic mass is 10.2. The molecule has 0 aliphatic rings. The first-order chi connectivity index (χ1) is 15.1. The lowest BCUT2D eigenvalue weighted by Crippen LogP contribution is -2.31. The quantitative estimate of drug-likeness (QED) is 0.278. The van der Waals surface area contributed by atoms with E-state index in [-0.39, 0.29) is 22.2 Å². The molecule has 0 heterocycles. The first-order valence-electron chi connectivity index (χ1n) is 8.78. The van der Waals surface area contributed by atoms with Gasteiger partial charge in [-0.3, -0.25) is 20.4 Å². The van der Waals surface area contributed by atoms with E-state index in [9.17, 15) is 30.8 Å². The van der Waals surface area contributed by atoms with Crippen LogP contribution in [0, 0.1) is 23.3 Å². The van der Waals surface area contributed by atoms with Crippen molar-refractivity contribution in [1.82, 2.24) is 5.43 Å². The molecule has 0 bridgehead atoms. The van der Waals surface area contributed by atoms with Crippen molar-refractivity contribution in [3.63, 3.8) is 0 Å². The first kappa shape index (κ1) is 22.9. The lowest BCUT2D eigenvalue weighted by Gasteiger charge is -2.12. The van der Waals surface area contributed by atoms with E-state index in [1.807, 2.05) is 5.43 Å². The Kier molecular flexibility index (Phi) is 6.53. The van der Waals surface area contributed by atoms with E-state index in [0.717, 1.165) is 6.07 Å². The van der Waals surface area contributed by atoms with E-state index in [4.69, 9.17) is 4.74 Å². The number of benzene rings is 3. The molecule has 7 nitrogen and oxygen atoms in total. The molecule has 3 N–H and O–H groups in total. The zero-order valence-electron chi connectivity index (χ0n) is 16.2. The van der Waals surface area contributed by atoms with E-state index in [2.05, 4.69) is 4.72 Å². The van der Waals surface area contributed by atoms with Crippen molar-refractivity contribution in [1.29, 1.82) is 0 Å². The van der Waals surface area contributed by atoms with Crippen LogP contribution in [0.25, 0.3) is 0 Å². The Hall–Kier alpha value is -3.80.